The van der Waals surface area contributed by atoms with Gasteiger partial charge in [-0.25, -0.2) is 4.98 Å². The Bertz CT molecular complexity index is 1070. The number of aromatic nitrogens is 8. The highest BCUT2D eigenvalue weighted by Gasteiger charge is 2.31. The van der Waals surface area contributed by atoms with Crippen LogP contribution < -0.4 is 4.74 Å². The van der Waals surface area contributed by atoms with E-state index in [0.717, 1.165) is 5.56 Å². The van der Waals surface area contributed by atoms with E-state index < -0.39 is 0 Å². The summed E-state index contributed by atoms with van der Waals surface area (Å²) >= 11 is 0. The molecule has 4 aromatic heterocycles. The van der Waals surface area contributed by atoms with Crippen LogP contribution in [0.3, 0.4) is 0 Å². The van der Waals surface area contributed by atoms with Crippen molar-refractivity contribution < 1.29 is 9.26 Å². The average Bonchev–Trinajstić information content (AvgIpc) is 3.31. The lowest BCUT2D eigenvalue weighted by Crippen LogP contribution is -2.18. The zero-order valence-electron chi connectivity index (χ0n) is 15.1. The molecule has 134 valence electrons. The van der Waals surface area contributed by atoms with Crippen LogP contribution in [0.5, 0.6) is 5.75 Å². The molecule has 0 atom stereocenters. The highest BCUT2D eigenvalue weighted by Crippen LogP contribution is 2.39. The monoisotopic (exact) mass is 354 g/mol. The lowest BCUT2D eigenvalue weighted by atomic mass is 9.85. The van der Waals surface area contributed by atoms with E-state index in [1.807, 2.05) is 7.05 Å². The molecule has 0 bridgehead atoms. The summed E-state index contributed by atoms with van der Waals surface area (Å²) in [6, 6.07) is 1.70. The van der Waals surface area contributed by atoms with E-state index in [9.17, 15) is 0 Å². The summed E-state index contributed by atoms with van der Waals surface area (Å²) in [5, 5.41) is 21.6. The van der Waals surface area contributed by atoms with Crippen molar-refractivity contribution in [3.05, 3.63) is 24.2 Å². The largest absolute Gasteiger partial charge is 0.492 e. The molecule has 0 N–H and O–H groups in total. The van der Waals surface area contributed by atoms with Gasteiger partial charge >= 0.3 is 0 Å². The Kier molecular flexibility index (Phi) is 3.49. The van der Waals surface area contributed by atoms with Crippen LogP contribution in [-0.4, -0.2) is 46.8 Å². The second kappa shape index (κ2) is 5.61. The molecule has 10 nitrogen and oxygen atoms in total. The van der Waals surface area contributed by atoms with E-state index >= 15 is 0 Å². The fourth-order valence-corrected chi connectivity index (χ4v) is 2.87. The van der Waals surface area contributed by atoms with Crippen molar-refractivity contribution in [2.45, 2.75) is 26.2 Å². The quantitative estimate of drug-likeness (QED) is 0.548. The van der Waals surface area contributed by atoms with E-state index in [1.165, 1.54) is 6.26 Å². The summed E-state index contributed by atoms with van der Waals surface area (Å²) in [6.07, 6.45) is 3.10. The fraction of sp³-hybridized carbons (Fsp3) is 0.375. The summed E-state index contributed by atoms with van der Waals surface area (Å²) in [5.74, 6) is 1.53. The topological polar surface area (TPSA) is 109 Å². The van der Waals surface area contributed by atoms with Crippen LogP contribution in [0.15, 0.2) is 23.2 Å². The van der Waals surface area contributed by atoms with Crippen molar-refractivity contribution in [2.24, 2.45) is 7.05 Å². The van der Waals surface area contributed by atoms with Gasteiger partial charge in [0, 0.05) is 18.7 Å². The SMILES string of the molecule is COc1c(C(C)(C)C)c(-c2ncn(C)n2)nn2c(-c3ccon3)nnc12. The third-order valence-corrected chi connectivity index (χ3v) is 3.94. The van der Waals surface area contributed by atoms with Crippen LogP contribution in [0.25, 0.3) is 28.7 Å². The first kappa shape index (κ1) is 16.2. The molecule has 0 aliphatic rings. The Labute approximate surface area is 148 Å². The van der Waals surface area contributed by atoms with Gasteiger partial charge in [0.2, 0.25) is 17.3 Å². The van der Waals surface area contributed by atoms with Gasteiger partial charge in [-0.05, 0) is 5.41 Å². The summed E-state index contributed by atoms with van der Waals surface area (Å²) < 4.78 is 13.8. The number of nitrogens with zero attached hydrogens (tertiary/aromatic N) is 8. The zero-order valence-corrected chi connectivity index (χ0v) is 15.1. The van der Waals surface area contributed by atoms with Gasteiger partial charge in [-0.3, -0.25) is 4.68 Å². The molecule has 0 aliphatic carbocycles. The molecule has 0 fully saturated rings. The molecule has 10 heteroatoms. The van der Waals surface area contributed by atoms with E-state index in [-0.39, 0.29) is 5.41 Å². The van der Waals surface area contributed by atoms with E-state index in [0.29, 0.717) is 34.4 Å². The lowest BCUT2D eigenvalue weighted by molar-refractivity contribution is 0.398. The number of aryl methyl sites for hydroxylation is 1. The average molecular weight is 354 g/mol. The molecule has 0 aliphatic heterocycles. The molecule has 0 radical (unpaired) electrons. The molecule has 0 spiro atoms. The summed E-state index contributed by atoms with van der Waals surface area (Å²) in [5.41, 5.74) is 2.20. The molecular formula is C16H18N8O2. The Morgan fingerprint density at radius 3 is 2.54 bits per heavy atom. The van der Waals surface area contributed by atoms with Crippen molar-refractivity contribution >= 4 is 5.65 Å². The van der Waals surface area contributed by atoms with E-state index in [4.69, 9.17) is 14.4 Å². The van der Waals surface area contributed by atoms with Gasteiger partial charge in [0.25, 0.3) is 0 Å². The Morgan fingerprint density at radius 1 is 1.15 bits per heavy atom. The van der Waals surface area contributed by atoms with Crippen LogP contribution in [0.1, 0.15) is 26.3 Å². The van der Waals surface area contributed by atoms with Crippen LogP contribution in [0, 0.1) is 0 Å². The summed E-state index contributed by atoms with van der Waals surface area (Å²) in [6.45, 7) is 6.22. The van der Waals surface area contributed by atoms with Crippen LogP contribution in [0.4, 0.5) is 0 Å². The van der Waals surface area contributed by atoms with Crippen LogP contribution in [-0.2, 0) is 12.5 Å². The molecule has 4 aromatic rings. The minimum atomic E-state index is -0.283. The van der Waals surface area contributed by atoms with Gasteiger partial charge in [0.15, 0.2) is 11.4 Å². The number of ether oxygens (including phenoxy) is 1. The molecule has 4 rings (SSSR count). The normalized spacial score (nSPS) is 12.0. The zero-order chi connectivity index (χ0) is 18.5. The molecule has 4 heterocycles. The van der Waals surface area contributed by atoms with E-state index in [2.05, 4.69) is 46.2 Å². The molecule has 0 aromatic carbocycles. The number of hydrogen-bond acceptors (Lipinski definition) is 8. The maximum atomic E-state index is 5.72. The van der Waals surface area contributed by atoms with Gasteiger partial charge in [-0.15, -0.1) is 15.3 Å². The number of methoxy groups -OCH3 is 1. The van der Waals surface area contributed by atoms with Crippen molar-refractivity contribution in [2.75, 3.05) is 7.11 Å². The van der Waals surface area contributed by atoms with Crippen LogP contribution in [0.2, 0.25) is 0 Å². The third kappa shape index (κ3) is 2.41. The van der Waals surface area contributed by atoms with Crippen molar-refractivity contribution in [3.63, 3.8) is 0 Å². The molecule has 0 amide bonds. The van der Waals surface area contributed by atoms with Crippen molar-refractivity contribution in [1.29, 1.82) is 0 Å². The second-order valence-corrected chi connectivity index (χ2v) is 6.89. The Hall–Kier alpha value is -3.30. The Morgan fingerprint density at radius 2 is 1.96 bits per heavy atom. The maximum Gasteiger partial charge on any atom is 0.220 e. The molecule has 0 saturated heterocycles. The summed E-state index contributed by atoms with van der Waals surface area (Å²) in [7, 11) is 3.41. The first-order valence-electron chi connectivity index (χ1n) is 8.01. The number of rotatable bonds is 3. The smallest absolute Gasteiger partial charge is 0.220 e. The van der Waals surface area contributed by atoms with Crippen molar-refractivity contribution in [1.82, 2.24) is 39.7 Å². The van der Waals surface area contributed by atoms with Gasteiger partial charge < -0.3 is 9.26 Å². The number of fused-ring (bicyclic) bond motifs is 1. The maximum absolute atomic E-state index is 5.72. The number of hydrogen-bond donors (Lipinski definition) is 0. The van der Waals surface area contributed by atoms with Crippen LogP contribution >= 0.6 is 0 Å². The Balaban J connectivity index is 2.11. The minimum Gasteiger partial charge on any atom is -0.492 e. The molecule has 0 saturated carbocycles. The first-order valence-corrected chi connectivity index (χ1v) is 8.01. The predicted octanol–water partition coefficient (Wildman–Crippen LogP) is 1.88. The van der Waals surface area contributed by atoms with Gasteiger partial charge in [0.1, 0.15) is 18.3 Å². The van der Waals surface area contributed by atoms with Crippen molar-refractivity contribution in [3.8, 4) is 28.8 Å². The fourth-order valence-electron chi connectivity index (χ4n) is 2.87. The predicted molar refractivity (Wildman–Crippen MR) is 91.5 cm³/mol. The first-order chi connectivity index (χ1) is 12.4. The van der Waals surface area contributed by atoms with E-state index in [1.54, 1.807) is 28.7 Å². The third-order valence-electron chi connectivity index (χ3n) is 3.94. The molecular weight excluding hydrogens is 336 g/mol. The highest BCUT2D eigenvalue weighted by atomic mass is 16.5. The van der Waals surface area contributed by atoms with Gasteiger partial charge in [-0.1, -0.05) is 25.9 Å². The minimum absolute atomic E-state index is 0.283. The second-order valence-electron chi connectivity index (χ2n) is 6.89. The van der Waals surface area contributed by atoms with Gasteiger partial charge in [0.05, 0.1) is 7.11 Å². The molecule has 26 heavy (non-hydrogen) atoms. The standard InChI is InChI=1S/C16H18N8O2/c1-16(2,3)10-11(13-17-8-23(4)21-13)20-24-14(9-6-7-26-22-9)18-19-15(24)12(10)25-5/h6-8H,1-5H3. The van der Waals surface area contributed by atoms with Gasteiger partial charge in [-0.2, -0.15) is 9.61 Å². The lowest BCUT2D eigenvalue weighted by Gasteiger charge is -2.24. The molecule has 0 unspecified atom stereocenters. The highest BCUT2D eigenvalue weighted by molar-refractivity contribution is 5.71. The summed E-state index contributed by atoms with van der Waals surface area (Å²) in [4.78, 5) is 4.36.